The Morgan fingerprint density at radius 2 is 2.12 bits per heavy atom. The van der Waals surface area contributed by atoms with Gasteiger partial charge in [0.2, 0.25) is 0 Å². The molecule has 0 bridgehead atoms. The van der Waals surface area contributed by atoms with Crippen molar-refractivity contribution in [3.63, 3.8) is 0 Å². The lowest BCUT2D eigenvalue weighted by molar-refractivity contribution is -0.142. The van der Waals surface area contributed by atoms with E-state index in [9.17, 15) is 9.59 Å². The minimum Gasteiger partial charge on any atom is -0.467 e. The highest BCUT2D eigenvalue weighted by Gasteiger charge is 2.22. The Bertz CT molecular complexity index is 726. The number of nitrogens with one attached hydrogen (secondary N) is 1. The molecule has 0 radical (unpaired) electrons. The summed E-state index contributed by atoms with van der Waals surface area (Å²) in [4.78, 5) is 28.6. The minimum absolute atomic E-state index is 0.171. The largest absolute Gasteiger partial charge is 0.467 e. The molecule has 130 valence electrons. The number of ether oxygens (including phenoxy) is 1. The highest BCUT2D eigenvalue weighted by atomic mass is 32.2. The average molecular weight is 350 g/mol. The Morgan fingerprint density at radius 1 is 1.38 bits per heavy atom. The molecule has 0 saturated carbocycles. The highest BCUT2D eigenvalue weighted by molar-refractivity contribution is 7.98. The van der Waals surface area contributed by atoms with Gasteiger partial charge < -0.3 is 14.5 Å². The van der Waals surface area contributed by atoms with E-state index >= 15 is 0 Å². The first-order valence-electron chi connectivity index (χ1n) is 7.74. The fourth-order valence-electron chi connectivity index (χ4n) is 2.20. The second-order valence-electron chi connectivity index (χ2n) is 5.72. The molecule has 2 rings (SSSR count). The topological polar surface area (TPSA) is 81.4 Å². The molecule has 0 fully saturated rings. The Morgan fingerprint density at radius 3 is 2.75 bits per heavy atom. The molecule has 1 aromatic carbocycles. The Balaban J connectivity index is 2.18. The average Bonchev–Trinajstić information content (AvgIpc) is 3.01. The number of fused-ring (bicyclic) bond motifs is 1. The number of carbonyl (C=O) groups excluding carboxylic acids is 2. The van der Waals surface area contributed by atoms with Gasteiger partial charge in [-0.2, -0.15) is 11.8 Å². The summed E-state index contributed by atoms with van der Waals surface area (Å²) in [6.45, 7) is 3.98. The number of thioether (sulfide) groups is 1. The van der Waals surface area contributed by atoms with Crippen molar-refractivity contribution in [2.24, 2.45) is 0 Å². The van der Waals surface area contributed by atoms with Crippen molar-refractivity contribution in [3.05, 3.63) is 29.7 Å². The molecule has 0 aliphatic heterocycles. The van der Waals surface area contributed by atoms with E-state index < -0.39 is 12.0 Å². The van der Waals surface area contributed by atoms with Crippen LogP contribution in [0.3, 0.4) is 0 Å². The van der Waals surface area contributed by atoms with Crippen LogP contribution in [0, 0.1) is 0 Å². The van der Waals surface area contributed by atoms with Gasteiger partial charge in [-0.3, -0.25) is 4.79 Å². The lowest BCUT2D eigenvalue weighted by atomic mass is 10.1. The van der Waals surface area contributed by atoms with Crippen molar-refractivity contribution < 1.29 is 18.7 Å². The van der Waals surface area contributed by atoms with Crippen LogP contribution in [0.25, 0.3) is 11.1 Å². The van der Waals surface area contributed by atoms with Gasteiger partial charge in [0.15, 0.2) is 11.5 Å². The van der Waals surface area contributed by atoms with Crippen molar-refractivity contribution in [2.45, 2.75) is 32.2 Å². The maximum atomic E-state index is 12.4. The maximum absolute atomic E-state index is 12.4. The van der Waals surface area contributed by atoms with Crippen LogP contribution in [-0.4, -0.2) is 42.0 Å². The van der Waals surface area contributed by atoms with Crippen molar-refractivity contribution in [1.82, 2.24) is 10.3 Å². The van der Waals surface area contributed by atoms with Crippen molar-refractivity contribution in [3.8, 4) is 0 Å². The van der Waals surface area contributed by atoms with Crippen LogP contribution < -0.4 is 5.32 Å². The van der Waals surface area contributed by atoms with E-state index in [1.807, 2.05) is 20.1 Å². The van der Waals surface area contributed by atoms with Crippen LogP contribution in [0.2, 0.25) is 0 Å². The third kappa shape index (κ3) is 4.29. The van der Waals surface area contributed by atoms with E-state index in [-0.39, 0.29) is 11.8 Å². The number of hydrogen-bond donors (Lipinski definition) is 1. The zero-order chi connectivity index (χ0) is 17.7. The van der Waals surface area contributed by atoms with E-state index in [1.54, 1.807) is 30.0 Å². The smallest absolute Gasteiger partial charge is 0.328 e. The summed E-state index contributed by atoms with van der Waals surface area (Å²) in [7, 11) is 1.31. The molecule has 0 saturated heterocycles. The summed E-state index contributed by atoms with van der Waals surface area (Å²) >= 11 is 1.61. The number of carbonyl (C=O) groups is 2. The lowest BCUT2D eigenvalue weighted by Crippen LogP contribution is -2.41. The van der Waals surface area contributed by atoms with Gasteiger partial charge in [0.05, 0.1) is 7.11 Å². The SMILES string of the molecule is COC(=O)C(CCSC)NC(=O)c1ccc2oc(C(C)C)nc2c1. The number of esters is 1. The molecular formula is C17H22N2O4S. The zero-order valence-electron chi connectivity index (χ0n) is 14.3. The minimum atomic E-state index is -0.658. The van der Waals surface area contributed by atoms with Gasteiger partial charge in [0.25, 0.3) is 5.91 Å². The van der Waals surface area contributed by atoms with Crippen LogP contribution in [0.4, 0.5) is 0 Å². The summed E-state index contributed by atoms with van der Waals surface area (Å²) < 4.78 is 10.4. The Kier molecular flexibility index (Phi) is 6.25. The summed E-state index contributed by atoms with van der Waals surface area (Å²) in [5.74, 6) is 0.782. The molecule has 0 aliphatic rings. The number of aromatic nitrogens is 1. The van der Waals surface area contributed by atoms with Gasteiger partial charge >= 0.3 is 5.97 Å². The molecule has 6 nitrogen and oxygen atoms in total. The zero-order valence-corrected chi connectivity index (χ0v) is 15.1. The van der Waals surface area contributed by atoms with E-state index in [1.165, 1.54) is 7.11 Å². The molecule has 0 aliphatic carbocycles. The fourth-order valence-corrected chi connectivity index (χ4v) is 2.67. The second kappa shape index (κ2) is 8.19. The third-order valence-corrected chi connectivity index (χ3v) is 4.21. The molecule has 7 heteroatoms. The van der Waals surface area contributed by atoms with Crippen LogP contribution in [0.15, 0.2) is 22.6 Å². The first-order valence-corrected chi connectivity index (χ1v) is 9.13. The Hall–Kier alpha value is -2.02. The second-order valence-corrected chi connectivity index (χ2v) is 6.71. The summed E-state index contributed by atoms with van der Waals surface area (Å²) in [5.41, 5.74) is 1.70. The molecule has 1 amide bonds. The molecule has 1 N–H and O–H groups in total. The van der Waals surface area contributed by atoms with E-state index in [0.717, 1.165) is 5.75 Å². The van der Waals surface area contributed by atoms with Crippen molar-refractivity contribution in [2.75, 3.05) is 19.1 Å². The van der Waals surface area contributed by atoms with Crippen LogP contribution in [0.1, 0.15) is 42.4 Å². The summed E-state index contributed by atoms with van der Waals surface area (Å²) in [5, 5.41) is 2.73. The normalized spacial score (nSPS) is 12.4. The number of nitrogens with zero attached hydrogens (tertiary/aromatic N) is 1. The Labute approximate surface area is 145 Å². The highest BCUT2D eigenvalue weighted by Crippen LogP contribution is 2.22. The number of rotatable bonds is 7. The van der Waals surface area contributed by atoms with Gasteiger partial charge in [0, 0.05) is 11.5 Å². The van der Waals surface area contributed by atoms with Gasteiger partial charge in [-0.15, -0.1) is 0 Å². The molecular weight excluding hydrogens is 328 g/mol. The number of methoxy groups -OCH3 is 1. The predicted octanol–water partition coefficient (Wildman–Crippen LogP) is 2.98. The summed E-state index contributed by atoms with van der Waals surface area (Å²) in [6, 6.07) is 4.39. The molecule has 1 unspecified atom stereocenters. The first-order chi connectivity index (χ1) is 11.5. The monoisotopic (exact) mass is 350 g/mol. The van der Waals surface area contributed by atoms with Crippen LogP contribution >= 0.6 is 11.8 Å². The van der Waals surface area contributed by atoms with Crippen molar-refractivity contribution >= 4 is 34.7 Å². The van der Waals surface area contributed by atoms with E-state index in [0.29, 0.717) is 29.0 Å². The molecule has 2 aromatic rings. The molecule has 24 heavy (non-hydrogen) atoms. The van der Waals surface area contributed by atoms with Gasteiger partial charge in [-0.05, 0) is 36.6 Å². The number of amides is 1. The third-order valence-electron chi connectivity index (χ3n) is 3.56. The molecule has 1 atom stereocenters. The van der Waals surface area contributed by atoms with Crippen LogP contribution in [0.5, 0.6) is 0 Å². The van der Waals surface area contributed by atoms with Crippen molar-refractivity contribution in [1.29, 1.82) is 0 Å². The summed E-state index contributed by atoms with van der Waals surface area (Å²) in [6.07, 6.45) is 2.46. The molecule has 1 aromatic heterocycles. The van der Waals surface area contributed by atoms with Gasteiger partial charge in [-0.1, -0.05) is 13.8 Å². The molecule has 1 heterocycles. The predicted molar refractivity (Wildman–Crippen MR) is 94.4 cm³/mol. The fraction of sp³-hybridized carbons (Fsp3) is 0.471. The van der Waals surface area contributed by atoms with E-state index in [2.05, 4.69) is 10.3 Å². The standard InChI is InChI=1S/C17H22N2O4S/c1-10(2)16-19-13-9-11(5-6-14(13)23-16)15(20)18-12(7-8-24-4)17(21)22-3/h5-6,9-10,12H,7-8H2,1-4H3,(H,18,20). The number of hydrogen-bond acceptors (Lipinski definition) is 6. The van der Waals surface area contributed by atoms with E-state index in [4.69, 9.17) is 9.15 Å². The molecule has 0 spiro atoms. The lowest BCUT2D eigenvalue weighted by Gasteiger charge is -2.15. The quantitative estimate of drug-likeness (QED) is 0.773. The van der Waals surface area contributed by atoms with Crippen LogP contribution in [-0.2, 0) is 9.53 Å². The number of oxazole rings is 1. The van der Waals surface area contributed by atoms with Gasteiger partial charge in [-0.25, -0.2) is 9.78 Å². The maximum Gasteiger partial charge on any atom is 0.328 e. The number of benzene rings is 1. The van der Waals surface area contributed by atoms with Gasteiger partial charge in [0.1, 0.15) is 11.6 Å². The first kappa shape index (κ1) is 18.3.